The van der Waals surface area contributed by atoms with E-state index in [9.17, 15) is 9.59 Å². The summed E-state index contributed by atoms with van der Waals surface area (Å²) in [5, 5.41) is 32.1. The molecule has 110 valence electrons. The van der Waals surface area contributed by atoms with Gasteiger partial charge in [-0.15, -0.1) is 0 Å². The third kappa shape index (κ3) is 4.02. The Labute approximate surface area is 116 Å². The van der Waals surface area contributed by atoms with Gasteiger partial charge in [-0.2, -0.15) is 0 Å². The Morgan fingerprint density at radius 2 is 1.75 bits per heavy atom. The van der Waals surface area contributed by atoms with E-state index in [1.54, 1.807) is 18.2 Å². The molecule has 0 heterocycles. The van der Waals surface area contributed by atoms with Gasteiger partial charge in [-0.1, -0.05) is 12.1 Å². The van der Waals surface area contributed by atoms with E-state index in [4.69, 9.17) is 15.3 Å². The van der Waals surface area contributed by atoms with Gasteiger partial charge in [0.15, 0.2) is 5.78 Å². The third-order valence-electron chi connectivity index (χ3n) is 2.81. The first-order valence-corrected chi connectivity index (χ1v) is 5.99. The topological polar surface area (TPSA) is 119 Å². The maximum atomic E-state index is 11.7. The predicted octanol–water partition coefficient (Wildman–Crippen LogP) is -0.274. The molecule has 5 N–H and O–H groups in total. The van der Waals surface area contributed by atoms with E-state index in [-0.39, 0.29) is 5.78 Å². The van der Waals surface area contributed by atoms with Crippen molar-refractivity contribution in [2.45, 2.75) is 12.5 Å². The molecule has 0 saturated heterocycles. The summed E-state index contributed by atoms with van der Waals surface area (Å²) < 4.78 is 0. The molecule has 0 bridgehead atoms. The van der Waals surface area contributed by atoms with E-state index < -0.39 is 31.4 Å². The Balaban J connectivity index is 2.76. The van der Waals surface area contributed by atoms with Gasteiger partial charge in [0.2, 0.25) is 0 Å². The smallest absolute Gasteiger partial charge is 0.319 e. The van der Waals surface area contributed by atoms with Crippen molar-refractivity contribution in [3.8, 4) is 0 Å². The predicted molar refractivity (Wildman–Crippen MR) is 72.6 cm³/mol. The second kappa shape index (κ2) is 6.99. The van der Waals surface area contributed by atoms with Crippen molar-refractivity contribution in [3.63, 3.8) is 0 Å². The summed E-state index contributed by atoms with van der Waals surface area (Å²) in [5.74, 6) is -0.135. The monoisotopic (exact) mass is 282 g/mol. The highest BCUT2D eigenvalue weighted by Crippen LogP contribution is 2.11. The number of hydrogen-bond donors (Lipinski definition) is 5. The molecule has 20 heavy (non-hydrogen) atoms. The van der Waals surface area contributed by atoms with Crippen LogP contribution in [0, 0.1) is 0 Å². The lowest BCUT2D eigenvalue weighted by Crippen LogP contribution is -2.58. The van der Waals surface area contributed by atoms with Crippen LogP contribution in [0.2, 0.25) is 0 Å². The number of urea groups is 1. The molecule has 0 aromatic heterocycles. The van der Waals surface area contributed by atoms with Gasteiger partial charge in [0.05, 0.1) is 19.8 Å². The molecule has 0 fully saturated rings. The molecule has 0 saturated carbocycles. The highest BCUT2D eigenvalue weighted by Gasteiger charge is 2.29. The van der Waals surface area contributed by atoms with Crippen molar-refractivity contribution in [1.82, 2.24) is 5.32 Å². The molecule has 0 atom stereocenters. The fourth-order valence-electron chi connectivity index (χ4n) is 1.49. The molecule has 0 unspecified atom stereocenters. The molecule has 0 spiro atoms. The van der Waals surface area contributed by atoms with Crippen LogP contribution in [0.25, 0.3) is 0 Å². The first-order chi connectivity index (χ1) is 9.46. The van der Waals surface area contributed by atoms with Crippen LogP contribution in [-0.2, 0) is 0 Å². The summed E-state index contributed by atoms with van der Waals surface area (Å²) >= 11 is 0. The van der Waals surface area contributed by atoms with Gasteiger partial charge in [0.25, 0.3) is 0 Å². The summed E-state index contributed by atoms with van der Waals surface area (Å²) in [6.45, 7) is -0.420. The van der Waals surface area contributed by atoms with Gasteiger partial charge >= 0.3 is 6.03 Å². The minimum absolute atomic E-state index is 0.135. The van der Waals surface area contributed by atoms with Crippen LogP contribution in [0.3, 0.4) is 0 Å². The van der Waals surface area contributed by atoms with Crippen molar-refractivity contribution >= 4 is 17.5 Å². The van der Waals surface area contributed by atoms with E-state index in [0.717, 1.165) is 0 Å². The number of aliphatic hydroxyl groups excluding tert-OH is 3. The van der Waals surface area contributed by atoms with Crippen LogP contribution in [-0.4, -0.2) is 52.5 Å². The normalized spacial score (nSPS) is 11.0. The first-order valence-electron chi connectivity index (χ1n) is 5.99. The largest absolute Gasteiger partial charge is 0.394 e. The number of carbonyl (C=O) groups excluding carboxylic acids is 2. The second-order valence-corrected chi connectivity index (χ2v) is 4.47. The summed E-state index contributed by atoms with van der Waals surface area (Å²) in [4.78, 5) is 23.0. The number of carbonyl (C=O) groups is 2. The van der Waals surface area contributed by atoms with Crippen LogP contribution in [0.4, 0.5) is 10.5 Å². The molecule has 0 aliphatic rings. The first kappa shape index (κ1) is 16.1. The Morgan fingerprint density at radius 1 is 1.15 bits per heavy atom. The molecule has 0 radical (unpaired) electrons. The van der Waals surface area contributed by atoms with Crippen LogP contribution in [0.15, 0.2) is 24.3 Å². The van der Waals surface area contributed by atoms with E-state index in [0.29, 0.717) is 11.3 Å². The number of rotatable bonds is 6. The molecular weight excluding hydrogens is 264 g/mol. The van der Waals surface area contributed by atoms with Gasteiger partial charge in [-0.3, -0.25) is 4.79 Å². The van der Waals surface area contributed by atoms with E-state index >= 15 is 0 Å². The summed E-state index contributed by atoms with van der Waals surface area (Å²) in [6, 6.07) is 5.61. The van der Waals surface area contributed by atoms with Gasteiger partial charge < -0.3 is 26.0 Å². The minimum atomic E-state index is -1.50. The zero-order chi connectivity index (χ0) is 15.2. The zero-order valence-corrected chi connectivity index (χ0v) is 11.1. The lowest BCUT2D eigenvalue weighted by Gasteiger charge is -2.28. The lowest BCUT2D eigenvalue weighted by molar-refractivity contribution is 0.0507. The molecule has 0 aliphatic carbocycles. The molecule has 7 heteroatoms. The molecule has 1 aromatic rings. The Hall–Kier alpha value is -1.96. The van der Waals surface area contributed by atoms with Crippen molar-refractivity contribution in [2.75, 3.05) is 25.1 Å². The number of Topliss-reactive ketones (excluding diaryl/α,β-unsaturated/α-hetero) is 1. The number of anilines is 1. The van der Waals surface area contributed by atoms with E-state index in [1.165, 1.54) is 13.0 Å². The third-order valence-corrected chi connectivity index (χ3v) is 2.81. The number of aliphatic hydroxyl groups is 3. The van der Waals surface area contributed by atoms with Crippen molar-refractivity contribution in [3.05, 3.63) is 29.8 Å². The number of ketones is 1. The SMILES string of the molecule is CC(=O)c1cccc(NC(=O)NC(CO)(CO)CO)c1. The lowest BCUT2D eigenvalue weighted by atomic mass is 10.0. The van der Waals surface area contributed by atoms with E-state index in [2.05, 4.69) is 10.6 Å². The maximum Gasteiger partial charge on any atom is 0.319 e. The molecule has 1 rings (SSSR count). The molecule has 1 aromatic carbocycles. The van der Waals surface area contributed by atoms with Crippen LogP contribution >= 0.6 is 0 Å². The van der Waals surface area contributed by atoms with Crippen LogP contribution in [0.1, 0.15) is 17.3 Å². The van der Waals surface area contributed by atoms with Crippen LogP contribution in [0.5, 0.6) is 0 Å². The van der Waals surface area contributed by atoms with Gasteiger partial charge in [0, 0.05) is 11.3 Å². The highest BCUT2D eigenvalue weighted by molar-refractivity contribution is 5.96. The summed E-state index contributed by atoms with van der Waals surface area (Å²) in [6.07, 6.45) is 0. The van der Waals surface area contributed by atoms with Gasteiger partial charge in [0.1, 0.15) is 5.54 Å². The zero-order valence-electron chi connectivity index (χ0n) is 11.1. The minimum Gasteiger partial charge on any atom is -0.394 e. The van der Waals surface area contributed by atoms with Crippen molar-refractivity contribution in [1.29, 1.82) is 0 Å². The fourth-order valence-corrected chi connectivity index (χ4v) is 1.49. The van der Waals surface area contributed by atoms with E-state index in [1.807, 2.05) is 0 Å². The standard InChI is InChI=1S/C13H18N2O5/c1-9(19)10-3-2-4-11(5-10)14-12(20)15-13(6-16,7-17)8-18/h2-5,16-18H,6-8H2,1H3,(H2,14,15,20). The average Bonchev–Trinajstić information content (AvgIpc) is 2.45. The molecule has 2 amide bonds. The number of benzene rings is 1. The fraction of sp³-hybridized carbons (Fsp3) is 0.385. The second-order valence-electron chi connectivity index (χ2n) is 4.47. The highest BCUT2D eigenvalue weighted by atomic mass is 16.3. The number of amides is 2. The quantitative estimate of drug-likeness (QED) is 0.460. The Kier molecular flexibility index (Phi) is 5.63. The summed E-state index contributed by atoms with van der Waals surface area (Å²) in [5.41, 5.74) is -0.666. The van der Waals surface area contributed by atoms with Crippen molar-refractivity contribution < 1.29 is 24.9 Å². The number of nitrogens with one attached hydrogen (secondary N) is 2. The van der Waals surface area contributed by atoms with Gasteiger partial charge in [-0.05, 0) is 19.1 Å². The number of hydrogen-bond acceptors (Lipinski definition) is 5. The van der Waals surface area contributed by atoms with Crippen LogP contribution < -0.4 is 10.6 Å². The van der Waals surface area contributed by atoms with Crippen molar-refractivity contribution in [2.24, 2.45) is 0 Å². The summed E-state index contributed by atoms with van der Waals surface area (Å²) in [7, 11) is 0. The molecule has 7 nitrogen and oxygen atoms in total. The Morgan fingerprint density at radius 3 is 2.25 bits per heavy atom. The molecule has 0 aliphatic heterocycles. The maximum absolute atomic E-state index is 11.7. The average molecular weight is 282 g/mol. The Bertz CT molecular complexity index is 477. The molecular formula is C13H18N2O5. The van der Waals surface area contributed by atoms with Gasteiger partial charge in [-0.25, -0.2) is 4.79 Å².